The van der Waals surface area contributed by atoms with Gasteiger partial charge in [-0.3, -0.25) is 20.4 Å². The molecular weight excluding hydrogens is 306 g/mol. The molecule has 7 nitrogen and oxygen atoms in total. The molecule has 0 saturated carbocycles. The van der Waals surface area contributed by atoms with Gasteiger partial charge in [-0.05, 0) is 30.3 Å². The number of hydrogen-bond donors (Lipinski definition) is 3. The monoisotopic (exact) mass is 321 g/mol. The number of para-hydroxylation sites is 1. The van der Waals surface area contributed by atoms with Crippen LogP contribution in [-0.2, 0) is 4.79 Å². The van der Waals surface area contributed by atoms with E-state index in [9.17, 15) is 9.59 Å². The van der Waals surface area contributed by atoms with Gasteiger partial charge in [0.1, 0.15) is 5.69 Å². The zero-order valence-corrected chi connectivity index (χ0v) is 12.6. The van der Waals surface area contributed by atoms with Crippen LogP contribution < -0.4 is 10.9 Å². The number of hydrogen-bond acceptors (Lipinski definition) is 3. The maximum absolute atomic E-state index is 11.7. The molecule has 0 bridgehead atoms. The average molecular weight is 321 g/mol. The standard InChI is InChI=1S/C17H15N5O2/c23-16(20-21-17(24)15-7-4-10-18-15)9-8-13-11-19-22(12-13)14-5-2-1-3-6-14/h1-12,18H,(H,20,23)(H,21,24). The number of nitrogens with one attached hydrogen (secondary N) is 3. The van der Waals surface area contributed by atoms with E-state index >= 15 is 0 Å². The molecule has 0 aliphatic heterocycles. The van der Waals surface area contributed by atoms with Gasteiger partial charge in [0.15, 0.2) is 0 Å². The van der Waals surface area contributed by atoms with E-state index in [-0.39, 0.29) is 0 Å². The summed E-state index contributed by atoms with van der Waals surface area (Å²) in [5.41, 5.74) is 6.68. The summed E-state index contributed by atoms with van der Waals surface area (Å²) in [4.78, 5) is 26.1. The summed E-state index contributed by atoms with van der Waals surface area (Å²) in [6, 6.07) is 12.9. The molecule has 0 radical (unpaired) electrons. The highest BCUT2D eigenvalue weighted by Gasteiger charge is 2.05. The minimum absolute atomic E-state index is 0.364. The van der Waals surface area contributed by atoms with Gasteiger partial charge in [-0.15, -0.1) is 0 Å². The van der Waals surface area contributed by atoms with E-state index in [0.717, 1.165) is 11.3 Å². The summed E-state index contributed by atoms with van der Waals surface area (Å²) in [5.74, 6) is -0.860. The molecule has 3 rings (SSSR count). The Balaban J connectivity index is 1.55. The number of benzene rings is 1. The average Bonchev–Trinajstić information content (AvgIpc) is 3.30. The van der Waals surface area contributed by atoms with Gasteiger partial charge in [-0.2, -0.15) is 5.10 Å². The summed E-state index contributed by atoms with van der Waals surface area (Å²) in [6.45, 7) is 0. The summed E-state index contributed by atoms with van der Waals surface area (Å²) in [7, 11) is 0. The largest absolute Gasteiger partial charge is 0.357 e. The van der Waals surface area contributed by atoms with Crippen molar-refractivity contribution in [3.05, 3.63) is 78.4 Å². The molecule has 0 aliphatic rings. The quantitative estimate of drug-likeness (QED) is 0.504. The lowest BCUT2D eigenvalue weighted by atomic mass is 10.3. The fraction of sp³-hybridized carbons (Fsp3) is 0. The summed E-state index contributed by atoms with van der Waals surface area (Å²) in [5, 5.41) is 4.23. The number of carbonyl (C=O) groups excluding carboxylic acids is 2. The Bertz CT molecular complexity index is 850. The van der Waals surface area contributed by atoms with Crippen molar-refractivity contribution in [2.45, 2.75) is 0 Å². The Kier molecular flexibility index (Phi) is 4.52. The molecule has 2 heterocycles. The normalized spacial score (nSPS) is 10.7. The molecular formula is C17H15N5O2. The topological polar surface area (TPSA) is 91.8 Å². The molecule has 0 unspecified atom stereocenters. The highest BCUT2D eigenvalue weighted by Crippen LogP contribution is 2.08. The fourth-order valence-electron chi connectivity index (χ4n) is 2.02. The first-order valence-electron chi connectivity index (χ1n) is 7.24. The van der Waals surface area contributed by atoms with Crippen molar-refractivity contribution in [3.63, 3.8) is 0 Å². The van der Waals surface area contributed by atoms with Crippen molar-refractivity contribution in [2.24, 2.45) is 0 Å². The van der Waals surface area contributed by atoms with Gasteiger partial charge in [-0.25, -0.2) is 4.68 Å². The van der Waals surface area contributed by atoms with Crippen molar-refractivity contribution < 1.29 is 9.59 Å². The Morgan fingerprint density at radius 2 is 1.92 bits per heavy atom. The Labute approximate surface area is 138 Å². The van der Waals surface area contributed by atoms with Crippen LogP contribution in [0.4, 0.5) is 0 Å². The van der Waals surface area contributed by atoms with Crippen molar-refractivity contribution >= 4 is 17.9 Å². The van der Waals surface area contributed by atoms with E-state index in [1.54, 1.807) is 41.5 Å². The van der Waals surface area contributed by atoms with E-state index in [0.29, 0.717) is 5.69 Å². The number of amides is 2. The molecule has 120 valence electrons. The Hall–Kier alpha value is -3.61. The molecule has 0 spiro atoms. The smallest absolute Gasteiger partial charge is 0.286 e. The van der Waals surface area contributed by atoms with E-state index in [1.165, 1.54) is 6.08 Å². The number of aromatic amines is 1. The van der Waals surface area contributed by atoms with Gasteiger partial charge in [0.2, 0.25) is 0 Å². The third-order valence-corrected chi connectivity index (χ3v) is 3.19. The van der Waals surface area contributed by atoms with E-state index < -0.39 is 11.8 Å². The van der Waals surface area contributed by atoms with E-state index in [2.05, 4.69) is 20.9 Å². The lowest BCUT2D eigenvalue weighted by molar-refractivity contribution is -0.117. The number of rotatable bonds is 4. The van der Waals surface area contributed by atoms with Crippen molar-refractivity contribution in [3.8, 4) is 5.69 Å². The summed E-state index contributed by atoms with van der Waals surface area (Å²) < 4.78 is 1.71. The highest BCUT2D eigenvalue weighted by molar-refractivity contribution is 5.96. The molecule has 2 amide bonds. The van der Waals surface area contributed by atoms with Gasteiger partial charge in [0, 0.05) is 24.0 Å². The number of nitrogens with zero attached hydrogens (tertiary/aromatic N) is 2. The SMILES string of the molecule is O=C(C=Cc1cnn(-c2ccccc2)c1)NNC(=O)c1ccc[nH]1. The van der Waals surface area contributed by atoms with E-state index in [4.69, 9.17) is 0 Å². The van der Waals surface area contributed by atoms with E-state index in [1.807, 2.05) is 30.3 Å². The zero-order chi connectivity index (χ0) is 16.8. The van der Waals surface area contributed by atoms with Crippen LogP contribution in [0.25, 0.3) is 11.8 Å². The lowest BCUT2D eigenvalue weighted by Gasteiger charge is -2.03. The van der Waals surface area contributed by atoms with Crippen LogP contribution in [0.3, 0.4) is 0 Å². The molecule has 3 aromatic rings. The molecule has 7 heteroatoms. The predicted octanol–water partition coefficient (Wildman–Crippen LogP) is 1.67. The molecule has 1 aromatic carbocycles. The lowest BCUT2D eigenvalue weighted by Crippen LogP contribution is -2.40. The number of aromatic nitrogens is 3. The van der Waals surface area contributed by atoms with Crippen molar-refractivity contribution in [1.29, 1.82) is 0 Å². The highest BCUT2D eigenvalue weighted by atomic mass is 16.2. The van der Waals surface area contributed by atoms with Crippen LogP contribution in [-0.4, -0.2) is 26.6 Å². The van der Waals surface area contributed by atoms with Gasteiger partial charge in [0.05, 0.1) is 11.9 Å². The molecule has 0 fully saturated rings. The molecule has 2 aromatic heterocycles. The molecule has 24 heavy (non-hydrogen) atoms. The predicted molar refractivity (Wildman–Crippen MR) is 89.0 cm³/mol. The van der Waals surface area contributed by atoms with Gasteiger partial charge in [0.25, 0.3) is 11.8 Å². The number of carbonyl (C=O) groups is 2. The minimum atomic E-state index is -0.442. The van der Waals surface area contributed by atoms with Crippen LogP contribution in [0.15, 0.2) is 67.1 Å². The second kappa shape index (κ2) is 7.10. The maximum atomic E-state index is 11.7. The molecule has 3 N–H and O–H groups in total. The maximum Gasteiger partial charge on any atom is 0.286 e. The molecule has 0 aliphatic carbocycles. The number of hydrazine groups is 1. The first kappa shape index (κ1) is 15.3. The van der Waals surface area contributed by atoms with Gasteiger partial charge < -0.3 is 4.98 Å². The van der Waals surface area contributed by atoms with Crippen LogP contribution in [0.5, 0.6) is 0 Å². The second-order valence-corrected chi connectivity index (χ2v) is 4.91. The fourth-order valence-corrected chi connectivity index (χ4v) is 2.02. The van der Waals surface area contributed by atoms with Crippen LogP contribution in [0.1, 0.15) is 16.1 Å². The summed E-state index contributed by atoms with van der Waals surface area (Å²) >= 11 is 0. The third-order valence-electron chi connectivity index (χ3n) is 3.19. The van der Waals surface area contributed by atoms with Gasteiger partial charge in [-0.1, -0.05) is 18.2 Å². The van der Waals surface area contributed by atoms with Gasteiger partial charge >= 0.3 is 0 Å². The second-order valence-electron chi connectivity index (χ2n) is 4.91. The van der Waals surface area contributed by atoms with Crippen LogP contribution in [0.2, 0.25) is 0 Å². The zero-order valence-electron chi connectivity index (χ0n) is 12.6. The third kappa shape index (κ3) is 3.77. The Morgan fingerprint density at radius 1 is 1.08 bits per heavy atom. The minimum Gasteiger partial charge on any atom is -0.357 e. The first-order valence-corrected chi connectivity index (χ1v) is 7.24. The summed E-state index contributed by atoms with van der Waals surface area (Å²) in [6.07, 6.45) is 8.01. The van der Waals surface area contributed by atoms with Crippen LogP contribution >= 0.6 is 0 Å². The first-order chi connectivity index (χ1) is 11.7. The molecule has 0 saturated heterocycles. The van der Waals surface area contributed by atoms with Crippen molar-refractivity contribution in [2.75, 3.05) is 0 Å². The number of H-pyrrole nitrogens is 1. The molecule has 0 atom stereocenters. The Morgan fingerprint density at radius 3 is 2.67 bits per heavy atom. The van der Waals surface area contributed by atoms with Crippen molar-refractivity contribution in [1.82, 2.24) is 25.6 Å². The van der Waals surface area contributed by atoms with Crippen LogP contribution in [0, 0.1) is 0 Å².